The Balaban J connectivity index is 1.96. The fourth-order valence-corrected chi connectivity index (χ4v) is 2.60. The molecule has 4 aromatic rings. The molecule has 0 spiro atoms. The standard InChI is InChI=1S/C15H9ClFN3/c16-9-1-3-11-13(7-9)19-20-15(11)14-6-8-5-10(17)2-4-12(8)18-14/h1-7,18H,(H,19,20). The molecule has 5 heteroatoms. The topological polar surface area (TPSA) is 44.5 Å². The first-order valence-electron chi connectivity index (χ1n) is 6.13. The number of benzene rings is 2. The lowest BCUT2D eigenvalue weighted by Crippen LogP contribution is -1.77. The first-order valence-corrected chi connectivity index (χ1v) is 6.51. The number of fused-ring (bicyclic) bond motifs is 2. The van der Waals surface area contributed by atoms with Crippen molar-refractivity contribution in [2.75, 3.05) is 0 Å². The molecule has 2 heterocycles. The molecule has 0 aliphatic carbocycles. The fourth-order valence-electron chi connectivity index (χ4n) is 2.43. The van der Waals surface area contributed by atoms with Crippen molar-refractivity contribution in [1.29, 1.82) is 0 Å². The van der Waals surface area contributed by atoms with Gasteiger partial charge in [0.15, 0.2) is 0 Å². The van der Waals surface area contributed by atoms with Crippen molar-refractivity contribution in [2.24, 2.45) is 0 Å². The highest BCUT2D eigenvalue weighted by Gasteiger charge is 2.11. The van der Waals surface area contributed by atoms with Gasteiger partial charge >= 0.3 is 0 Å². The van der Waals surface area contributed by atoms with E-state index in [0.717, 1.165) is 33.2 Å². The molecule has 0 saturated heterocycles. The van der Waals surface area contributed by atoms with E-state index in [1.165, 1.54) is 12.1 Å². The molecule has 20 heavy (non-hydrogen) atoms. The van der Waals surface area contributed by atoms with Crippen LogP contribution in [0.4, 0.5) is 4.39 Å². The first kappa shape index (κ1) is 11.5. The summed E-state index contributed by atoms with van der Waals surface area (Å²) in [5, 5.41) is 9.73. The molecule has 0 aliphatic rings. The van der Waals surface area contributed by atoms with Gasteiger partial charge in [-0.05, 0) is 42.5 Å². The number of hydrogen-bond donors (Lipinski definition) is 2. The number of H-pyrrole nitrogens is 2. The SMILES string of the molecule is Fc1ccc2[nH]c(-c3n[nH]c4cc(Cl)ccc34)cc2c1. The maximum absolute atomic E-state index is 13.2. The minimum atomic E-state index is -0.248. The zero-order valence-electron chi connectivity index (χ0n) is 10.2. The Hall–Kier alpha value is -2.33. The van der Waals surface area contributed by atoms with E-state index in [1.54, 1.807) is 6.07 Å². The summed E-state index contributed by atoms with van der Waals surface area (Å²) >= 11 is 5.96. The average molecular weight is 286 g/mol. The highest BCUT2D eigenvalue weighted by Crippen LogP contribution is 2.30. The molecule has 0 saturated carbocycles. The molecule has 0 bridgehead atoms. The highest BCUT2D eigenvalue weighted by molar-refractivity contribution is 6.31. The van der Waals surface area contributed by atoms with E-state index in [1.807, 2.05) is 24.3 Å². The number of rotatable bonds is 1. The van der Waals surface area contributed by atoms with E-state index in [0.29, 0.717) is 5.02 Å². The lowest BCUT2D eigenvalue weighted by Gasteiger charge is -1.94. The smallest absolute Gasteiger partial charge is 0.123 e. The summed E-state index contributed by atoms with van der Waals surface area (Å²) in [6, 6.07) is 12.1. The van der Waals surface area contributed by atoms with E-state index >= 15 is 0 Å². The van der Waals surface area contributed by atoms with Gasteiger partial charge in [0.2, 0.25) is 0 Å². The molecule has 2 aromatic heterocycles. The number of nitrogens with one attached hydrogen (secondary N) is 2. The van der Waals surface area contributed by atoms with Crippen molar-refractivity contribution in [3.8, 4) is 11.4 Å². The average Bonchev–Trinajstić information content (AvgIpc) is 3.00. The second-order valence-corrected chi connectivity index (χ2v) is 5.11. The summed E-state index contributed by atoms with van der Waals surface area (Å²) in [4.78, 5) is 3.25. The zero-order chi connectivity index (χ0) is 13.7. The molecule has 2 N–H and O–H groups in total. The monoisotopic (exact) mass is 285 g/mol. The van der Waals surface area contributed by atoms with Crippen molar-refractivity contribution in [1.82, 2.24) is 15.2 Å². The summed E-state index contributed by atoms with van der Waals surface area (Å²) in [7, 11) is 0. The van der Waals surface area contributed by atoms with Crippen LogP contribution in [-0.4, -0.2) is 15.2 Å². The van der Waals surface area contributed by atoms with Gasteiger partial charge in [-0.15, -0.1) is 0 Å². The molecule has 0 amide bonds. The lowest BCUT2D eigenvalue weighted by molar-refractivity contribution is 0.630. The number of halogens is 2. The third-order valence-corrected chi connectivity index (χ3v) is 3.60. The van der Waals surface area contributed by atoms with Crippen molar-refractivity contribution in [3.63, 3.8) is 0 Å². The van der Waals surface area contributed by atoms with Gasteiger partial charge in [-0.2, -0.15) is 5.10 Å². The molecule has 0 radical (unpaired) electrons. The molecular weight excluding hydrogens is 277 g/mol. The normalized spacial score (nSPS) is 11.5. The number of hydrogen-bond acceptors (Lipinski definition) is 1. The molecule has 98 valence electrons. The molecule has 0 unspecified atom stereocenters. The van der Waals surface area contributed by atoms with Gasteiger partial charge in [-0.3, -0.25) is 5.10 Å². The first-order chi connectivity index (χ1) is 9.70. The van der Waals surface area contributed by atoms with Crippen LogP contribution in [0.25, 0.3) is 33.2 Å². The minimum absolute atomic E-state index is 0.248. The molecule has 2 aromatic carbocycles. The van der Waals surface area contributed by atoms with E-state index in [4.69, 9.17) is 11.6 Å². The van der Waals surface area contributed by atoms with Gasteiger partial charge in [0.1, 0.15) is 11.5 Å². The summed E-state index contributed by atoms with van der Waals surface area (Å²) < 4.78 is 13.2. The molecule has 3 nitrogen and oxygen atoms in total. The zero-order valence-corrected chi connectivity index (χ0v) is 11.0. The van der Waals surface area contributed by atoms with Crippen LogP contribution in [-0.2, 0) is 0 Å². The molecule has 4 rings (SSSR count). The fraction of sp³-hybridized carbons (Fsp3) is 0. The molecule has 0 aliphatic heterocycles. The van der Waals surface area contributed by atoms with Crippen LogP contribution < -0.4 is 0 Å². The van der Waals surface area contributed by atoms with Gasteiger partial charge in [-0.25, -0.2) is 4.39 Å². The summed E-state index contributed by atoms with van der Waals surface area (Å²) in [5.74, 6) is -0.248. The second-order valence-electron chi connectivity index (χ2n) is 4.68. The molecule has 0 fully saturated rings. The van der Waals surface area contributed by atoms with Gasteiger partial charge in [-0.1, -0.05) is 11.6 Å². The highest BCUT2D eigenvalue weighted by atomic mass is 35.5. The van der Waals surface area contributed by atoms with Gasteiger partial charge in [0.05, 0.1) is 11.2 Å². The van der Waals surface area contributed by atoms with Crippen LogP contribution in [0.2, 0.25) is 5.02 Å². The van der Waals surface area contributed by atoms with Crippen molar-refractivity contribution < 1.29 is 4.39 Å². The van der Waals surface area contributed by atoms with Crippen LogP contribution in [0.1, 0.15) is 0 Å². The Bertz CT molecular complexity index is 939. The van der Waals surface area contributed by atoms with E-state index in [-0.39, 0.29) is 5.82 Å². The van der Waals surface area contributed by atoms with E-state index in [2.05, 4.69) is 15.2 Å². The second kappa shape index (κ2) is 4.08. The number of nitrogens with zero attached hydrogens (tertiary/aromatic N) is 1. The Morgan fingerprint density at radius 3 is 2.80 bits per heavy atom. The van der Waals surface area contributed by atoms with Crippen LogP contribution in [0.3, 0.4) is 0 Å². The van der Waals surface area contributed by atoms with E-state index < -0.39 is 0 Å². The Kier molecular flexibility index (Phi) is 2.35. The van der Waals surface area contributed by atoms with Crippen molar-refractivity contribution >= 4 is 33.4 Å². The maximum atomic E-state index is 13.2. The quantitative estimate of drug-likeness (QED) is 0.531. The third-order valence-electron chi connectivity index (χ3n) is 3.36. The maximum Gasteiger partial charge on any atom is 0.123 e. The predicted molar refractivity (Wildman–Crippen MR) is 78.4 cm³/mol. The van der Waals surface area contributed by atoms with Gasteiger partial charge in [0, 0.05) is 21.3 Å². The largest absolute Gasteiger partial charge is 0.353 e. The van der Waals surface area contributed by atoms with E-state index in [9.17, 15) is 4.39 Å². The summed E-state index contributed by atoms with van der Waals surface area (Å²) in [6.45, 7) is 0. The van der Waals surface area contributed by atoms with Crippen LogP contribution in [0, 0.1) is 5.82 Å². The van der Waals surface area contributed by atoms with Crippen LogP contribution in [0.15, 0.2) is 42.5 Å². The molecule has 0 atom stereocenters. The lowest BCUT2D eigenvalue weighted by atomic mass is 10.1. The van der Waals surface area contributed by atoms with Gasteiger partial charge < -0.3 is 4.98 Å². The predicted octanol–water partition coefficient (Wildman–Crippen LogP) is 4.50. The van der Waals surface area contributed by atoms with Crippen molar-refractivity contribution in [3.05, 3.63) is 53.3 Å². The summed E-state index contributed by atoms with van der Waals surface area (Å²) in [5.41, 5.74) is 3.40. The Morgan fingerprint density at radius 1 is 1.00 bits per heavy atom. The Labute approximate surface area is 118 Å². The van der Waals surface area contributed by atoms with Crippen LogP contribution in [0.5, 0.6) is 0 Å². The molecular formula is C15H9ClFN3. The van der Waals surface area contributed by atoms with Crippen LogP contribution >= 0.6 is 11.6 Å². The third kappa shape index (κ3) is 1.69. The minimum Gasteiger partial charge on any atom is -0.353 e. The summed E-state index contributed by atoms with van der Waals surface area (Å²) in [6.07, 6.45) is 0. The van der Waals surface area contributed by atoms with Crippen molar-refractivity contribution in [2.45, 2.75) is 0 Å². The number of aromatic nitrogens is 3. The Morgan fingerprint density at radius 2 is 1.90 bits per heavy atom. The van der Waals surface area contributed by atoms with Gasteiger partial charge in [0.25, 0.3) is 0 Å². The number of aromatic amines is 2.